The molecule has 0 unspecified atom stereocenters. The molecule has 0 saturated carbocycles. The zero-order chi connectivity index (χ0) is 17.1. The van der Waals surface area contributed by atoms with Crippen LogP contribution in [0.1, 0.15) is 51.3 Å². The van der Waals surface area contributed by atoms with E-state index in [1.807, 2.05) is 11.6 Å². The van der Waals surface area contributed by atoms with Gasteiger partial charge in [0.1, 0.15) is 5.76 Å². The first kappa shape index (κ1) is 16.3. The van der Waals surface area contributed by atoms with E-state index in [1.54, 1.807) is 6.20 Å². The molecule has 128 valence electrons. The van der Waals surface area contributed by atoms with Gasteiger partial charge in [0.2, 0.25) is 5.76 Å². The van der Waals surface area contributed by atoms with Crippen LogP contribution in [0.2, 0.25) is 0 Å². The van der Waals surface area contributed by atoms with E-state index < -0.39 is 5.97 Å². The number of amides is 1. The van der Waals surface area contributed by atoms with Gasteiger partial charge >= 0.3 is 5.97 Å². The number of furan rings is 1. The Labute approximate surface area is 138 Å². The fourth-order valence-corrected chi connectivity index (χ4v) is 2.79. The highest BCUT2D eigenvalue weighted by Gasteiger charge is 2.22. The van der Waals surface area contributed by atoms with E-state index >= 15 is 0 Å². The number of carbonyl (C=O) groups excluding carboxylic acids is 1. The second-order valence-corrected chi connectivity index (χ2v) is 5.69. The molecule has 1 saturated heterocycles. The molecule has 1 aliphatic heterocycles. The maximum Gasteiger partial charge on any atom is 0.371 e. The highest BCUT2D eigenvalue weighted by atomic mass is 16.5. The molecule has 0 aromatic carbocycles. The summed E-state index contributed by atoms with van der Waals surface area (Å²) in [6.07, 6.45) is 3.33. The lowest BCUT2D eigenvalue weighted by molar-refractivity contribution is 0.0655. The van der Waals surface area contributed by atoms with Gasteiger partial charge in [0.25, 0.3) is 5.91 Å². The van der Waals surface area contributed by atoms with E-state index in [1.165, 1.54) is 12.1 Å². The number of nitrogens with zero attached hydrogens (tertiary/aromatic N) is 2. The van der Waals surface area contributed by atoms with E-state index in [9.17, 15) is 9.59 Å². The maximum atomic E-state index is 12.3. The topological polar surface area (TPSA) is 107 Å². The van der Waals surface area contributed by atoms with Crippen LogP contribution in [-0.2, 0) is 11.3 Å². The predicted molar refractivity (Wildman–Crippen MR) is 82.9 cm³/mol. The Balaban J connectivity index is 1.64. The third-order valence-corrected chi connectivity index (χ3v) is 4.12. The van der Waals surface area contributed by atoms with E-state index in [-0.39, 0.29) is 24.3 Å². The number of rotatable bonds is 5. The minimum absolute atomic E-state index is 0.119. The molecule has 3 rings (SSSR count). The summed E-state index contributed by atoms with van der Waals surface area (Å²) in [5.74, 6) is -1.17. The number of carboxylic acids is 1. The van der Waals surface area contributed by atoms with E-state index in [0.29, 0.717) is 24.5 Å². The summed E-state index contributed by atoms with van der Waals surface area (Å²) in [7, 11) is 0. The van der Waals surface area contributed by atoms with Crippen molar-refractivity contribution < 1.29 is 23.8 Å². The molecule has 8 nitrogen and oxygen atoms in total. The highest BCUT2D eigenvalue weighted by Crippen LogP contribution is 2.23. The average Bonchev–Trinajstić information content (AvgIpc) is 3.20. The Bertz CT molecular complexity index is 743. The fourth-order valence-electron chi connectivity index (χ4n) is 2.79. The van der Waals surface area contributed by atoms with E-state index in [0.717, 1.165) is 18.5 Å². The maximum absolute atomic E-state index is 12.3. The van der Waals surface area contributed by atoms with Crippen molar-refractivity contribution >= 4 is 11.9 Å². The molecule has 1 aliphatic rings. The van der Waals surface area contributed by atoms with Crippen LogP contribution >= 0.6 is 0 Å². The Morgan fingerprint density at radius 1 is 1.38 bits per heavy atom. The van der Waals surface area contributed by atoms with Crippen LogP contribution in [0.3, 0.4) is 0 Å². The van der Waals surface area contributed by atoms with Crippen LogP contribution in [0, 0.1) is 6.92 Å². The number of carboxylic acid groups (broad SMARTS) is 1. The minimum Gasteiger partial charge on any atom is -0.475 e. The standard InChI is InChI=1S/C16H19N3O5/c1-10-13(9-18-19(10)11-4-6-23-7-5-11)15(20)17-8-12-2-3-14(24-12)16(21)22/h2-3,9,11H,4-8H2,1H3,(H,17,20)(H,21,22). The summed E-state index contributed by atoms with van der Waals surface area (Å²) in [5.41, 5.74) is 1.32. The molecule has 1 fully saturated rings. The third kappa shape index (κ3) is 3.33. The Kier molecular flexibility index (Phi) is 4.66. The van der Waals surface area contributed by atoms with Gasteiger partial charge in [-0.2, -0.15) is 5.10 Å². The molecule has 0 atom stereocenters. The first-order chi connectivity index (χ1) is 11.6. The monoisotopic (exact) mass is 333 g/mol. The van der Waals surface area contributed by atoms with Gasteiger partial charge in [-0.05, 0) is 31.9 Å². The lowest BCUT2D eigenvalue weighted by atomic mass is 10.1. The zero-order valence-electron chi connectivity index (χ0n) is 13.3. The van der Waals surface area contributed by atoms with Crippen molar-refractivity contribution in [2.75, 3.05) is 13.2 Å². The molecule has 1 amide bonds. The van der Waals surface area contributed by atoms with Gasteiger partial charge in [-0.1, -0.05) is 0 Å². The average molecular weight is 333 g/mol. The van der Waals surface area contributed by atoms with Crippen molar-refractivity contribution in [3.05, 3.63) is 41.1 Å². The number of nitrogens with one attached hydrogen (secondary N) is 1. The van der Waals surface area contributed by atoms with Crippen LogP contribution in [0.25, 0.3) is 0 Å². The number of hydrogen-bond acceptors (Lipinski definition) is 5. The Morgan fingerprint density at radius 2 is 2.12 bits per heavy atom. The van der Waals surface area contributed by atoms with Gasteiger partial charge in [0.15, 0.2) is 0 Å². The molecule has 2 N–H and O–H groups in total. The molecule has 0 spiro atoms. The lowest BCUT2D eigenvalue weighted by Gasteiger charge is -2.23. The smallest absolute Gasteiger partial charge is 0.371 e. The van der Waals surface area contributed by atoms with Crippen molar-refractivity contribution in [1.29, 1.82) is 0 Å². The second kappa shape index (κ2) is 6.88. The summed E-state index contributed by atoms with van der Waals surface area (Å²) in [4.78, 5) is 23.1. The lowest BCUT2D eigenvalue weighted by Crippen LogP contribution is -2.24. The molecule has 3 heterocycles. The first-order valence-corrected chi connectivity index (χ1v) is 7.78. The number of hydrogen-bond donors (Lipinski definition) is 2. The number of carbonyl (C=O) groups is 2. The highest BCUT2D eigenvalue weighted by molar-refractivity contribution is 5.95. The summed E-state index contributed by atoms with van der Waals surface area (Å²) in [6.45, 7) is 3.40. The molecule has 24 heavy (non-hydrogen) atoms. The fraction of sp³-hybridized carbons (Fsp3) is 0.438. The number of aromatic nitrogens is 2. The molecule has 2 aromatic rings. The summed E-state index contributed by atoms with van der Waals surface area (Å²) in [5, 5.41) is 15.9. The van der Waals surface area contributed by atoms with Crippen LogP contribution in [0.4, 0.5) is 0 Å². The van der Waals surface area contributed by atoms with Crippen molar-refractivity contribution in [1.82, 2.24) is 15.1 Å². The molecular weight excluding hydrogens is 314 g/mol. The number of ether oxygens (including phenoxy) is 1. The van der Waals surface area contributed by atoms with Crippen molar-refractivity contribution in [2.24, 2.45) is 0 Å². The van der Waals surface area contributed by atoms with Crippen molar-refractivity contribution in [3.63, 3.8) is 0 Å². The first-order valence-electron chi connectivity index (χ1n) is 7.78. The second-order valence-electron chi connectivity index (χ2n) is 5.69. The summed E-state index contributed by atoms with van der Waals surface area (Å²) in [6, 6.07) is 3.14. The van der Waals surface area contributed by atoms with Crippen LogP contribution in [0.15, 0.2) is 22.7 Å². The number of aromatic carboxylic acids is 1. The quantitative estimate of drug-likeness (QED) is 0.863. The van der Waals surface area contributed by atoms with Gasteiger partial charge in [-0.3, -0.25) is 9.48 Å². The van der Waals surface area contributed by atoms with Crippen molar-refractivity contribution in [2.45, 2.75) is 32.4 Å². The van der Waals surface area contributed by atoms with Gasteiger partial charge in [0, 0.05) is 18.9 Å². The van der Waals surface area contributed by atoms with Gasteiger partial charge in [-0.25, -0.2) is 4.79 Å². The van der Waals surface area contributed by atoms with Gasteiger partial charge in [-0.15, -0.1) is 0 Å². The van der Waals surface area contributed by atoms with E-state index in [2.05, 4.69) is 10.4 Å². The molecule has 0 bridgehead atoms. The molecule has 8 heteroatoms. The molecular formula is C16H19N3O5. The van der Waals surface area contributed by atoms with E-state index in [4.69, 9.17) is 14.3 Å². The van der Waals surface area contributed by atoms with Crippen LogP contribution in [-0.4, -0.2) is 40.0 Å². The third-order valence-electron chi connectivity index (χ3n) is 4.12. The van der Waals surface area contributed by atoms with Gasteiger partial charge in [0.05, 0.1) is 24.3 Å². The largest absolute Gasteiger partial charge is 0.475 e. The summed E-state index contributed by atoms with van der Waals surface area (Å²) < 4.78 is 12.3. The minimum atomic E-state index is -1.14. The zero-order valence-corrected chi connectivity index (χ0v) is 13.3. The SMILES string of the molecule is Cc1c(C(=O)NCc2ccc(C(=O)O)o2)cnn1C1CCOCC1. The molecule has 2 aromatic heterocycles. The van der Waals surface area contributed by atoms with Crippen LogP contribution in [0.5, 0.6) is 0 Å². The summed E-state index contributed by atoms with van der Waals surface area (Å²) >= 11 is 0. The van der Waals surface area contributed by atoms with Crippen molar-refractivity contribution in [3.8, 4) is 0 Å². The Morgan fingerprint density at radius 3 is 2.79 bits per heavy atom. The predicted octanol–water partition coefficient (Wildman–Crippen LogP) is 1.76. The van der Waals surface area contributed by atoms with Crippen LogP contribution < -0.4 is 5.32 Å². The molecule has 0 radical (unpaired) electrons. The normalized spacial score (nSPS) is 15.4. The Hall–Kier alpha value is -2.61. The van der Waals surface area contributed by atoms with Gasteiger partial charge < -0.3 is 19.6 Å². The molecule has 0 aliphatic carbocycles.